The van der Waals surface area contributed by atoms with E-state index in [4.69, 9.17) is 5.73 Å². The zero-order chi connectivity index (χ0) is 15.6. The molecule has 1 atom stereocenters. The first-order valence-electron chi connectivity index (χ1n) is 6.92. The zero-order valence-corrected chi connectivity index (χ0v) is 13.4. The molecule has 0 aliphatic carbocycles. The summed E-state index contributed by atoms with van der Waals surface area (Å²) >= 11 is 0. The molecule has 112 valence electrons. The van der Waals surface area contributed by atoms with Crippen LogP contribution in [0.4, 0.5) is 0 Å². The lowest BCUT2D eigenvalue weighted by atomic mass is 10.0. The fraction of sp³-hybridized carbons (Fsp3) is 0.294. The smallest absolute Gasteiger partial charge is 0.180 e. The number of rotatable bonds is 4. The molecule has 0 aliphatic rings. The van der Waals surface area contributed by atoms with E-state index < -0.39 is 15.9 Å². The Hall–Kier alpha value is -1.65. The summed E-state index contributed by atoms with van der Waals surface area (Å²) in [6, 6.07) is 12.4. The Bertz CT molecular complexity index is 751. The fourth-order valence-corrected chi connectivity index (χ4v) is 4.16. The quantitative estimate of drug-likeness (QED) is 0.944. The monoisotopic (exact) mass is 303 g/mol. The van der Waals surface area contributed by atoms with Gasteiger partial charge in [0.05, 0.1) is 10.6 Å². The van der Waals surface area contributed by atoms with Gasteiger partial charge in [-0.3, -0.25) is 0 Å². The second-order valence-electron chi connectivity index (χ2n) is 5.51. The predicted octanol–water partition coefficient (Wildman–Crippen LogP) is 3.09. The van der Waals surface area contributed by atoms with Crippen LogP contribution in [-0.4, -0.2) is 14.2 Å². The van der Waals surface area contributed by atoms with Gasteiger partial charge in [-0.25, -0.2) is 8.42 Å². The van der Waals surface area contributed by atoms with Crippen LogP contribution in [0.25, 0.3) is 0 Å². The van der Waals surface area contributed by atoms with E-state index in [1.54, 1.807) is 25.1 Å². The summed E-state index contributed by atoms with van der Waals surface area (Å²) in [7, 11) is -3.39. The normalized spacial score (nSPS) is 13.1. The first-order valence-corrected chi connectivity index (χ1v) is 8.57. The first kappa shape index (κ1) is 15.7. The summed E-state index contributed by atoms with van der Waals surface area (Å²) in [5, 5.41) is 0. The topological polar surface area (TPSA) is 60.2 Å². The highest BCUT2D eigenvalue weighted by Gasteiger charge is 2.22. The van der Waals surface area contributed by atoms with Gasteiger partial charge in [0.25, 0.3) is 0 Å². The number of nitrogens with two attached hydrogens (primary N) is 1. The van der Waals surface area contributed by atoms with Crippen LogP contribution in [0.3, 0.4) is 0 Å². The van der Waals surface area contributed by atoms with Crippen LogP contribution in [-0.2, 0) is 9.84 Å². The largest absolute Gasteiger partial charge is 0.323 e. The molecular formula is C17H21NO2S. The van der Waals surface area contributed by atoms with Crippen molar-refractivity contribution in [2.75, 3.05) is 5.75 Å². The van der Waals surface area contributed by atoms with E-state index in [2.05, 4.69) is 0 Å². The van der Waals surface area contributed by atoms with E-state index in [0.717, 1.165) is 22.3 Å². The van der Waals surface area contributed by atoms with E-state index in [0.29, 0.717) is 4.90 Å². The molecule has 1 unspecified atom stereocenters. The van der Waals surface area contributed by atoms with Gasteiger partial charge in [0.1, 0.15) is 0 Å². The van der Waals surface area contributed by atoms with Crippen molar-refractivity contribution in [3.05, 3.63) is 64.7 Å². The van der Waals surface area contributed by atoms with Gasteiger partial charge in [-0.1, -0.05) is 42.0 Å². The average Bonchev–Trinajstić information content (AvgIpc) is 2.41. The molecule has 0 saturated carbocycles. The number of benzene rings is 2. The van der Waals surface area contributed by atoms with Crippen molar-refractivity contribution in [3.8, 4) is 0 Å². The van der Waals surface area contributed by atoms with Gasteiger partial charge < -0.3 is 5.73 Å². The van der Waals surface area contributed by atoms with Crippen LogP contribution < -0.4 is 5.73 Å². The van der Waals surface area contributed by atoms with Crippen LogP contribution in [0, 0.1) is 20.8 Å². The Morgan fingerprint density at radius 2 is 1.67 bits per heavy atom. The molecule has 2 rings (SSSR count). The molecule has 2 aromatic carbocycles. The molecular weight excluding hydrogens is 282 g/mol. The third kappa shape index (κ3) is 3.52. The minimum atomic E-state index is -3.39. The third-order valence-corrected chi connectivity index (χ3v) is 5.59. The molecule has 0 aromatic heterocycles. The van der Waals surface area contributed by atoms with Gasteiger partial charge >= 0.3 is 0 Å². The van der Waals surface area contributed by atoms with Crippen molar-refractivity contribution >= 4 is 9.84 Å². The van der Waals surface area contributed by atoms with Crippen molar-refractivity contribution in [3.63, 3.8) is 0 Å². The van der Waals surface area contributed by atoms with Crippen molar-refractivity contribution < 1.29 is 8.42 Å². The minimum Gasteiger partial charge on any atom is -0.323 e. The van der Waals surface area contributed by atoms with Gasteiger partial charge in [-0.15, -0.1) is 0 Å². The number of hydrogen-bond acceptors (Lipinski definition) is 3. The Kier molecular flexibility index (Phi) is 4.49. The summed E-state index contributed by atoms with van der Waals surface area (Å²) in [5.41, 5.74) is 9.91. The Morgan fingerprint density at radius 1 is 1.00 bits per heavy atom. The fourth-order valence-electron chi connectivity index (χ4n) is 2.48. The molecule has 2 N–H and O–H groups in total. The molecule has 0 saturated heterocycles. The van der Waals surface area contributed by atoms with E-state index >= 15 is 0 Å². The van der Waals surface area contributed by atoms with Gasteiger partial charge in [-0.05, 0) is 43.5 Å². The van der Waals surface area contributed by atoms with Gasteiger partial charge in [0.15, 0.2) is 9.84 Å². The summed E-state index contributed by atoms with van der Waals surface area (Å²) in [6.07, 6.45) is 0. The summed E-state index contributed by atoms with van der Waals surface area (Å²) in [5.74, 6) is -0.0812. The number of sulfone groups is 1. The molecule has 0 heterocycles. The molecule has 0 aliphatic heterocycles. The summed E-state index contributed by atoms with van der Waals surface area (Å²) in [4.78, 5) is 0.366. The molecule has 21 heavy (non-hydrogen) atoms. The molecule has 0 fully saturated rings. The molecule has 2 aromatic rings. The zero-order valence-electron chi connectivity index (χ0n) is 12.6. The summed E-state index contributed by atoms with van der Waals surface area (Å²) < 4.78 is 25.1. The predicted molar refractivity (Wildman–Crippen MR) is 86.1 cm³/mol. The third-order valence-electron chi connectivity index (χ3n) is 3.66. The standard InChI is InChI=1S/C17H21NO2S/c1-12-8-9-13(2)15(10-12)16(18)11-21(19,20)17-7-5-4-6-14(17)3/h4-10,16H,11,18H2,1-3H3. The van der Waals surface area contributed by atoms with Crippen LogP contribution in [0.5, 0.6) is 0 Å². The SMILES string of the molecule is Cc1ccc(C)c(C(N)CS(=O)(=O)c2ccccc2C)c1. The maximum atomic E-state index is 12.6. The maximum absolute atomic E-state index is 12.6. The summed E-state index contributed by atoms with van der Waals surface area (Å²) in [6.45, 7) is 5.73. The molecule has 0 radical (unpaired) electrons. The molecule has 0 bridgehead atoms. The second-order valence-corrected chi connectivity index (χ2v) is 7.52. The van der Waals surface area contributed by atoms with Crippen molar-refractivity contribution in [2.24, 2.45) is 5.73 Å². The lowest BCUT2D eigenvalue weighted by Crippen LogP contribution is -2.23. The van der Waals surface area contributed by atoms with Crippen molar-refractivity contribution in [1.82, 2.24) is 0 Å². The van der Waals surface area contributed by atoms with Crippen LogP contribution in [0.2, 0.25) is 0 Å². The highest BCUT2D eigenvalue weighted by molar-refractivity contribution is 7.91. The van der Waals surface area contributed by atoms with Crippen LogP contribution in [0.15, 0.2) is 47.4 Å². The lowest BCUT2D eigenvalue weighted by molar-refractivity contribution is 0.588. The first-order chi connectivity index (χ1) is 9.81. The van der Waals surface area contributed by atoms with Crippen LogP contribution in [0.1, 0.15) is 28.3 Å². The second kappa shape index (κ2) is 6.00. The van der Waals surface area contributed by atoms with E-state index in [-0.39, 0.29) is 5.75 Å². The molecule has 4 heteroatoms. The van der Waals surface area contributed by atoms with Crippen molar-refractivity contribution in [2.45, 2.75) is 31.7 Å². The van der Waals surface area contributed by atoms with Gasteiger partial charge in [0.2, 0.25) is 0 Å². The minimum absolute atomic E-state index is 0.0812. The Balaban J connectivity index is 2.33. The Morgan fingerprint density at radius 3 is 2.33 bits per heavy atom. The van der Waals surface area contributed by atoms with E-state index in [1.807, 2.05) is 38.1 Å². The molecule has 3 nitrogen and oxygen atoms in total. The molecule has 0 spiro atoms. The average molecular weight is 303 g/mol. The lowest BCUT2D eigenvalue weighted by Gasteiger charge is -2.16. The Labute approximate surface area is 126 Å². The number of hydrogen-bond donors (Lipinski definition) is 1. The van der Waals surface area contributed by atoms with Crippen LogP contribution >= 0.6 is 0 Å². The van der Waals surface area contributed by atoms with Crippen molar-refractivity contribution in [1.29, 1.82) is 0 Å². The van der Waals surface area contributed by atoms with Gasteiger partial charge in [0, 0.05) is 6.04 Å². The van der Waals surface area contributed by atoms with E-state index in [1.165, 1.54) is 0 Å². The number of aryl methyl sites for hydroxylation is 3. The highest BCUT2D eigenvalue weighted by Crippen LogP contribution is 2.23. The van der Waals surface area contributed by atoms with Gasteiger partial charge in [-0.2, -0.15) is 0 Å². The van der Waals surface area contributed by atoms with E-state index in [9.17, 15) is 8.42 Å². The highest BCUT2D eigenvalue weighted by atomic mass is 32.2. The molecule has 0 amide bonds. The maximum Gasteiger partial charge on any atom is 0.180 e.